The molecule has 6 heteroatoms. The van der Waals surface area contributed by atoms with Gasteiger partial charge in [-0.3, -0.25) is 14.5 Å². The summed E-state index contributed by atoms with van der Waals surface area (Å²) >= 11 is 3.40. The molecule has 0 aliphatic carbocycles. The van der Waals surface area contributed by atoms with Gasteiger partial charge in [-0.05, 0) is 46.5 Å². The van der Waals surface area contributed by atoms with Crippen LogP contribution in [-0.4, -0.2) is 41.5 Å². The number of nitrogens with zero attached hydrogens (tertiary/aromatic N) is 1. The van der Waals surface area contributed by atoms with E-state index in [2.05, 4.69) is 21.2 Å². The van der Waals surface area contributed by atoms with Crippen molar-refractivity contribution in [1.82, 2.24) is 4.90 Å². The first-order valence-corrected chi connectivity index (χ1v) is 7.57. The van der Waals surface area contributed by atoms with Crippen molar-refractivity contribution in [3.63, 3.8) is 0 Å². The Morgan fingerprint density at radius 3 is 2.52 bits per heavy atom. The highest BCUT2D eigenvalue weighted by Gasteiger charge is 2.16. The average molecular weight is 357 g/mol. The predicted molar refractivity (Wildman–Crippen MR) is 86.4 cm³/mol. The van der Waals surface area contributed by atoms with Gasteiger partial charge in [0.25, 0.3) is 0 Å². The third-order valence-corrected chi connectivity index (χ3v) is 3.40. The molecule has 1 amide bonds. The van der Waals surface area contributed by atoms with Gasteiger partial charge in [0, 0.05) is 11.0 Å². The lowest BCUT2D eigenvalue weighted by atomic mass is 10.2. The van der Waals surface area contributed by atoms with Crippen LogP contribution in [0.1, 0.15) is 19.4 Å². The topological polar surface area (TPSA) is 69.6 Å². The summed E-state index contributed by atoms with van der Waals surface area (Å²) in [5.41, 5.74) is 1.78. The molecule has 0 fully saturated rings. The lowest BCUT2D eigenvalue weighted by Crippen LogP contribution is -2.39. The number of hydrogen-bond donors (Lipinski definition) is 2. The number of rotatable bonds is 7. The first-order chi connectivity index (χ1) is 9.77. The summed E-state index contributed by atoms with van der Waals surface area (Å²) in [6, 6.07) is 5.64. The summed E-state index contributed by atoms with van der Waals surface area (Å²) in [6.07, 6.45) is 0. The normalized spacial score (nSPS) is 11.0. The van der Waals surface area contributed by atoms with Gasteiger partial charge in [-0.15, -0.1) is 0 Å². The molecule has 0 saturated heterocycles. The molecule has 5 nitrogen and oxygen atoms in total. The molecule has 0 aliphatic heterocycles. The van der Waals surface area contributed by atoms with E-state index >= 15 is 0 Å². The second-order valence-electron chi connectivity index (χ2n) is 5.49. The summed E-state index contributed by atoms with van der Waals surface area (Å²) in [7, 11) is 0. The SMILES string of the molecule is Cc1ccc(NC(=O)CN(CC(=O)O)CC(C)C)c(Br)c1. The van der Waals surface area contributed by atoms with Gasteiger partial charge < -0.3 is 10.4 Å². The quantitative estimate of drug-likeness (QED) is 0.787. The highest BCUT2D eigenvalue weighted by molar-refractivity contribution is 9.10. The van der Waals surface area contributed by atoms with E-state index in [4.69, 9.17) is 5.11 Å². The second-order valence-corrected chi connectivity index (χ2v) is 6.34. The fraction of sp³-hybridized carbons (Fsp3) is 0.467. The number of anilines is 1. The van der Waals surface area contributed by atoms with Crippen molar-refractivity contribution >= 4 is 33.5 Å². The highest BCUT2D eigenvalue weighted by Crippen LogP contribution is 2.23. The number of amides is 1. The molecule has 0 aliphatic rings. The van der Waals surface area contributed by atoms with Gasteiger partial charge in [-0.25, -0.2) is 0 Å². The van der Waals surface area contributed by atoms with Crippen molar-refractivity contribution in [3.8, 4) is 0 Å². The lowest BCUT2D eigenvalue weighted by molar-refractivity contribution is -0.138. The van der Waals surface area contributed by atoms with Crippen LogP contribution in [0.25, 0.3) is 0 Å². The van der Waals surface area contributed by atoms with Crippen molar-refractivity contribution in [2.45, 2.75) is 20.8 Å². The van der Waals surface area contributed by atoms with E-state index in [0.29, 0.717) is 18.2 Å². The number of aliphatic carboxylic acids is 1. The first-order valence-electron chi connectivity index (χ1n) is 6.78. The number of carbonyl (C=O) groups excluding carboxylic acids is 1. The third kappa shape index (κ3) is 6.73. The smallest absolute Gasteiger partial charge is 0.317 e. The molecule has 0 spiro atoms. The number of hydrogen-bond acceptors (Lipinski definition) is 3. The molecule has 21 heavy (non-hydrogen) atoms. The maximum absolute atomic E-state index is 12.1. The van der Waals surface area contributed by atoms with Crippen molar-refractivity contribution in [3.05, 3.63) is 28.2 Å². The number of nitrogens with one attached hydrogen (secondary N) is 1. The van der Waals surface area contributed by atoms with Crippen LogP contribution in [0.3, 0.4) is 0 Å². The molecule has 1 aromatic carbocycles. The Labute approximate surface area is 133 Å². The average Bonchev–Trinajstić information content (AvgIpc) is 2.30. The molecule has 1 aromatic rings. The van der Waals surface area contributed by atoms with Crippen LogP contribution >= 0.6 is 15.9 Å². The van der Waals surface area contributed by atoms with Crippen molar-refractivity contribution < 1.29 is 14.7 Å². The molecule has 0 aromatic heterocycles. The number of carbonyl (C=O) groups is 2. The van der Waals surface area contributed by atoms with Crippen LogP contribution in [0, 0.1) is 12.8 Å². The Morgan fingerprint density at radius 2 is 2.00 bits per heavy atom. The highest BCUT2D eigenvalue weighted by atomic mass is 79.9. The largest absolute Gasteiger partial charge is 0.480 e. The Balaban J connectivity index is 2.66. The van der Waals surface area contributed by atoms with Crippen LogP contribution in [0.4, 0.5) is 5.69 Å². The van der Waals surface area contributed by atoms with E-state index in [9.17, 15) is 9.59 Å². The maximum Gasteiger partial charge on any atom is 0.317 e. The number of carboxylic acid groups (broad SMARTS) is 1. The van der Waals surface area contributed by atoms with Crippen molar-refractivity contribution in [2.75, 3.05) is 25.0 Å². The molecule has 2 N–H and O–H groups in total. The minimum atomic E-state index is -0.931. The molecule has 0 saturated carbocycles. The van der Waals surface area contributed by atoms with Gasteiger partial charge in [0.2, 0.25) is 5.91 Å². The van der Waals surface area contributed by atoms with E-state index in [1.165, 1.54) is 0 Å². The van der Waals surface area contributed by atoms with E-state index in [1.807, 2.05) is 39.0 Å². The van der Waals surface area contributed by atoms with Crippen LogP contribution in [0.5, 0.6) is 0 Å². The predicted octanol–water partition coefficient (Wildman–Crippen LogP) is 2.74. The van der Waals surface area contributed by atoms with E-state index in [0.717, 1.165) is 10.0 Å². The van der Waals surface area contributed by atoms with Gasteiger partial charge >= 0.3 is 5.97 Å². The monoisotopic (exact) mass is 356 g/mol. The molecule has 0 unspecified atom stereocenters. The number of halogens is 1. The molecule has 0 bridgehead atoms. The Bertz CT molecular complexity index is 518. The van der Waals surface area contributed by atoms with Gasteiger partial charge in [-0.2, -0.15) is 0 Å². The van der Waals surface area contributed by atoms with E-state index in [1.54, 1.807) is 4.90 Å². The summed E-state index contributed by atoms with van der Waals surface area (Å²) < 4.78 is 0.810. The standard InChI is InChI=1S/C15H21BrN2O3/c1-10(2)7-18(9-15(20)21)8-14(19)17-13-5-4-11(3)6-12(13)16/h4-6,10H,7-9H2,1-3H3,(H,17,19)(H,20,21). The molecule has 116 valence electrons. The van der Waals surface area contributed by atoms with E-state index in [-0.39, 0.29) is 19.0 Å². The lowest BCUT2D eigenvalue weighted by Gasteiger charge is -2.21. The summed E-state index contributed by atoms with van der Waals surface area (Å²) in [5.74, 6) is -0.857. The zero-order chi connectivity index (χ0) is 16.0. The van der Waals surface area contributed by atoms with Gasteiger partial charge in [0.15, 0.2) is 0 Å². The molecule has 0 radical (unpaired) electrons. The fourth-order valence-corrected chi connectivity index (χ4v) is 2.60. The van der Waals surface area contributed by atoms with Crippen molar-refractivity contribution in [1.29, 1.82) is 0 Å². The molecule has 0 heterocycles. The Morgan fingerprint density at radius 1 is 1.33 bits per heavy atom. The van der Waals surface area contributed by atoms with Gasteiger partial charge in [-0.1, -0.05) is 19.9 Å². The van der Waals surface area contributed by atoms with Crippen LogP contribution in [-0.2, 0) is 9.59 Å². The minimum absolute atomic E-state index is 0.0603. The molecular weight excluding hydrogens is 336 g/mol. The van der Waals surface area contributed by atoms with Crippen LogP contribution in [0.15, 0.2) is 22.7 Å². The number of carboxylic acids is 1. The van der Waals surface area contributed by atoms with Gasteiger partial charge in [0.1, 0.15) is 0 Å². The molecule has 1 rings (SSSR count). The second kappa shape index (κ2) is 8.14. The van der Waals surface area contributed by atoms with Crippen LogP contribution < -0.4 is 5.32 Å². The fourth-order valence-electron chi connectivity index (χ4n) is 2.01. The summed E-state index contributed by atoms with van der Waals surface area (Å²) in [4.78, 5) is 24.5. The van der Waals surface area contributed by atoms with Crippen molar-refractivity contribution in [2.24, 2.45) is 5.92 Å². The summed E-state index contributed by atoms with van der Waals surface area (Å²) in [5, 5.41) is 11.7. The van der Waals surface area contributed by atoms with E-state index < -0.39 is 5.97 Å². The zero-order valence-electron chi connectivity index (χ0n) is 12.5. The Hall–Kier alpha value is -1.40. The summed E-state index contributed by atoms with van der Waals surface area (Å²) in [6.45, 7) is 6.43. The minimum Gasteiger partial charge on any atom is -0.480 e. The number of aryl methyl sites for hydroxylation is 1. The molecule has 0 atom stereocenters. The van der Waals surface area contributed by atoms with Crippen LogP contribution in [0.2, 0.25) is 0 Å². The third-order valence-electron chi connectivity index (χ3n) is 2.75. The maximum atomic E-state index is 12.1. The zero-order valence-corrected chi connectivity index (χ0v) is 14.1. The first kappa shape index (κ1) is 17.7. The molecular formula is C15H21BrN2O3. The Kier molecular flexibility index (Phi) is 6.84. The van der Waals surface area contributed by atoms with Gasteiger partial charge in [0.05, 0.1) is 18.8 Å². The number of benzene rings is 1.